The number of amides is 1. The van der Waals surface area contributed by atoms with Crippen molar-refractivity contribution in [2.24, 2.45) is 5.41 Å². The highest BCUT2D eigenvalue weighted by atomic mass is 16.5. The molecule has 0 bridgehead atoms. The standard InChI is InChI=1S/C17H24N2O3/c20-16(18-11-14-5-2-9-21-14)17-7-10-22-15(17)6-8-19(12-17)13-3-1-4-13/h2,5,9,13,15H,1,3-4,6-8,10-12H2,(H,18,20)/t15-,17-/m1/s1. The summed E-state index contributed by atoms with van der Waals surface area (Å²) in [5.74, 6) is 0.933. The molecule has 5 heteroatoms. The number of nitrogens with zero attached hydrogens (tertiary/aromatic N) is 1. The van der Waals surface area contributed by atoms with Gasteiger partial charge in [-0.1, -0.05) is 6.42 Å². The van der Waals surface area contributed by atoms with Gasteiger partial charge in [-0.3, -0.25) is 9.69 Å². The summed E-state index contributed by atoms with van der Waals surface area (Å²) in [7, 11) is 0. The topological polar surface area (TPSA) is 54.7 Å². The van der Waals surface area contributed by atoms with E-state index < -0.39 is 0 Å². The Hall–Kier alpha value is -1.33. The Bertz CT molecular complexity index is 526. The molecule has 1 aromatic rings. The largest absolute Gasteiger partial charge is 0.467 e. The van der Waals surface area contributed by atoms with Crippen LogP contribution in [0.4, 0.5) is 0 Å². The maximum absolute atomic E-state index is 12.9. The van der Waals surface area contributed by atoms with E-state index in [1.807, 2.05) is 12.1 Å². The van der Waals surface area contributed by atoms with Gasteiger partial charge in [0.05, 0.1) is 24.3 Å². The number of rotatable bonds is 4. The number of fused-ring (bicyclic) bond motifs is 1. The van der Waals surface area contributed by atoms with Crippen LogP contribution in [-0.4, -0.2) is 42.6 Å². The molecule has 1 aromatic heterocycles. The van der Waals surface area contributed by atoms with Crippen molar-refractivity contribution in [1.29, 1.82) is 0 Å². The zero-order valence-electron chi connectivity index (χ0n) is 12.9. The van der Waals surface area contributed by atoms with Crippen molar-refractivity contribution in [3.63, 3.8) is 0 Å². The summed E-state index contributed by atoms with van der Waals surface area (Å²) in [6, 6.07) is 4.43. The summed E-state index contributed by atoms with van der Waals surface area (Å²) in [6.07, 6.45) is 7.44. The lowest BCUT2D eigenvalue weighted by Crippen LogP contribution is -2.59. The molecule has 0 unspecified atom stereocenters. The van der Waals surface area contributed by atoms with E-state index in [-0.39, 0.29) is 17.4 Å². The van der Waals surface area contributed by atoms with Crippen molar-refractivity contribution in [1.82, 2.24) is 10.2 Å². The molecule has 5 nitrogen and oxygen atoms in total. The highest BCUT2D eigenvalue weighted by Crippen LogP contribution is 2.43. The third-order valence-corrected chi connectivity index (χ3v) is 5.69. The first-order chi connectivity index (χ1) is 10.8. The molecule has 120 valence electrons. The number of nitrogens with one attached hydrogen (secondary N) is 1. The predicted octanol–water partition coefficient (Wildman–Crippen LogP) is 1.93. The summed E-state index contributed by atoms with van der Waals surface area (Å²) in [4.78, 5) is 15.4. The number of hydrogen-bond acceptors (Lipinski definition) is 4. The van der Waals surface area contributed by atoms with Crippen LogP contribution in [0.1, 0.15) is 37.9 Å². The van der Waals surface area contributed by atoms with Gasteiger partial charge < -0.3 is 14.5 Å². The Kier molecular flexibility index (Phi) is 3.70. The van der Waals surface area contributed by atoms with Crippen molar-refractivity contribution >= 4 is 5.91 Å². The lowest BCUT2D eigenvalue weighted by Gasteiger charge is -2.47. The van der Waals surface area contributed by atoms with Crippen LogP contribution in [0.25, 0.3) is 0 Å². The summed E-state index contributed by atoms with van der Waals surface area (Å²) in [5.41, 5.74) is -0.361. The number of furan rings is 1. The van der Waals surface area contributed by atoms with E-state index >= 15 is 0 Å². The van der Waals surface area contributed by atoms with E-state index in [2.05, 4.69) is 10.2 Å². The van der Waals surface area contributed by atoms with Crippen LogP contribution in [0.15, 0.2) is 22.8 Å². The number of likely N-dealkylation sites (tertiary alicyclic amines) is 1. The quantitative estimate of drug-likeness (QED) is 0.923. The van der Waals surface area contributed by atoms with Crippen molar-refractivity contribution < 1.29 is 13.9 Å². The van der Waals surface area contributed by atoms with Crippen LogP contribution >= 0.6 is 0 Å². The zero-order valence-corrected chi connectivity index (χ0v) is 12.9. The molecule has 2 saturated heterocycles. The van der Waals surface area contributed by atoms with Gasteiger partial charge in [-0.05, 0) is 37.8 Å². The minimum Gasteiger partial charge on any atom is -0.467 e. The van der Waals surface area contributed by atoms with E-state index in [0.29, 0.717) is 19.2 Å². The molecule has 1 N–H and O–H groups in total. The molecular weight excluding hydrogens is 280 g/mol. The second kappa shape index (κ2) is 5.70. The third-order valence-electron chi connectivity index (χ3n) is 5.69. The van der Waals surface area contributed by atoms with Crippen LogP contribution < -0.4 is 5.32 Å². The first-order valence-electron chi connectivity index (χ1n) is 8.44. The Morgan fingerprint density at radius 2 is 2.32 bits per heavy atom. The number of carbonyl (C=O) groups excluding carboxylic acids is 1. The Labute approximate surface area is 131 Å². The third kappa shape index (κ3) is 2.36. The van der Waals surface area contributed by atoms with Crippen molar-refractivity contribution in [2.75, 3.05) is 19.7 Å². The average molecular weight is 304 g/mol. The lowest BCUT2D eigenvalue weighted by molar-refractivity contribution is -0.141. The summed E-state index contributed by atoms with van der Waals surface area (Å²) >= 11 is 0. The van der Waals surface area contributed by atoms with Crippen LogP contribution in [0, 0.1) is 5.41 Å². The van der Waals surface area contributed by atoms with Crippen LogP contribution in [0.2, 0.25) is 0 Å². The van der Waals surface area contributed by atoms with Gasteiger partial charge in [0.1, 0.15) is 5.76 Å². The van der Waals surface area contributed by atoms with Crippen molar-refractivity contribution in [3.8, 4) is 0 Å². The first-order valence-corrected chi connectivity index (χ1v) is 8.44. The van der Waals surface area contributed by atoms with E-state index in [1.165, 1.54) is 19.3 Å². The Morgan fingerprint density at radius 1 is 1.41 bits per heavy atom. The molecule has 1 aliphatic carbocycles. The van der Waals surface area contributed by atoms with Gasteiger partial charge in [-0.25, -0.2) is 0 Å². The molecule has 3 heterocycles. The highest BCUT2D eigenvalue weighted by molar-refractivity contribution is 5.84. The molecule has 0 aromatic carbocycles. The number of ether oxygens (including phenoxy) is 1. The molecule has 3 fully saturated rings. The van der Waals surface area contributed by atoms with Gasteiger partial charge in [0.15, 0.2) is 0 Å². The number of hydrogen-bond donors (Lipinski definition) is 1. The van der Waals surface area contributed by atoms with E-state index in [1.54, 1.807) is 6.26 Å². The maximum Gasteiger partial charge on any atom is 0.230 e. The lowest BCUT2D eigenvalue weighted by atomic mass is 9.74. The van der Waals surface area contributed by atoms with Gasteiger partial charge in [0.25, 0.3) is 0 Å². The fraction of sp³-hybridized carbons (Fsp3) is 0.706. The molecular formula is C17H24N2O3. The number of piperidine rings is 1. The summed E-state index contributed by atoms with van der Waals surface area (Å²) in [5, 5.41) is 3.07. The highest BCUT2D eigenvalue weighted by Gasteiger charge is 2.54. The predicted molar refractivity (Wildman–Crippen MR) is 81.2 cm³/mol. The Balaban J connectivity index is 1.46. The minimum absolute atomic E-state index is 0.0837. The minimum atomic E-state index is -0.361. The van der Waals surface area contributed by atoms with Crippen molar-refractivity contribution in [3.05, 3.63) is 24.2 Å². The molecule has 22 heavy (non-hydrogen) atoms. The van der Waals surface area contributed by atoms with Crippen molar-refractivity contribution in [2.45, 2.75) is 50.8 Å². The maximum atomic E-state index is 12.9. The molecule has 1 amide bonds. The first kappa shape index (κ1) is 14.3. The molecule has 3 aliphatic rings. The second-order valence-corrected chi connectivity index (χ2v) is 6.87. The number of carbonyl (C=O) groups is 1. The van der Waals surface area contributed by atoms with Crippen LogP contribution in [-0.2, 0) is 16.1 Å². The molecule has 2 atom stereocenters. The normalized spacial score (nSPS) is 32.5. The SMILES string of the molecule is O=C(NCc1ccco1)[C@@]12CCO[C@@H]1CCN(C1CCC1)C2. The van der Waals surface area contributed by atoms with Gasteiger partial charge >= 0.3 is 0 Å². The summed E-state index contributed by atoms with van der Waals surface area (Å²) in [6.45, 7) is 3.09. The van der Waals surface area contributed by atoms with Gasteiger partial charge in [0, 0.05) is 25.7 Å². The molecule has 0 radical (unpaired) electrons. The fourth-order valence-corrected chi connectivity index (χ4v) is 4.12. The van der Waals surface area contributed by atoms with Crippen LogP contribution in [0.3, 0.4) is 0 Å². The zero-order chi connectivity index (χ0) is 15.0. The molecule has 4 rings (SSSR count). The smallest absolute Gasteiger partial charge is 0.230 e. The summed E-state index contributed by atoms with van der Waals surface area (Å²) < 4.78 is 11.2. The molecule has 2 aliphatic heterocycles. The van der Waals surface area contributed by atoms with Crippen LogP contribution in [0.5, 0.6) is 0 Å². The van der Waals surface area contributed by atoms with Gasteiger partial charge in [0.2, 0.25) is 5.91 Å². The van der Waals surface area contributed by atoms with E-state index in [0.717, 1.165) is 31.7 Å². The molecule has 0 spiro atoms. The monoisotopic (exact) mass is 304 g/mol. The fourth-order valence-electron chi connectivity index (χ4n) is 4.12. The second-order valence-electron chi connectivity index (χ2n) is 6.87. The molecule has 1 saturated carbocycles. The van der Waals surface area contributed by atoms with E-state index in [4.69, 9.17) is 9.15 Å². The van der Waals surface area contributed by atoms with Gasteiger partial charge in [-0.15, -0.1) is 0 Å². The van der Waals surface area contributed by atoms with Gasteiger partial charge in [-0.2, -0.15) is 0 Å². The Morgan fingerprint density at radius 3 is 3.05 bits per heavy atom. The average Bonchev–Trinajstić information content (AvgIpc) is 3.12. The van der Waals surface area contributed by atoms with E-state index in [9.17, 15) is 4.79 Å².